The minimum atomic E-state index is -1.19. The maximum atomic E-state index is 13.2. The second-order valence-electron chi connectivity index (χ2n) is 7.12. The molecule has 2 unspecified atom stereocenters. The van der Waals surface area contributed by atoms with Crippen LogP contribution in [0.2, 0.25) is 5.82 Å². The highest BCUT2D eigenvalue weighted by Crippen LogP contribution is 2.29. The maximum Gasteiger partial charge on any atom is 0.263 e. The molecule has 2 heterocycles. The van der Waals surface area contributed by atoms with Crippen molar-refractivity contribution in [1.29, 1.82) is 0 Å². The van der Waals surface area contributed by atoms with E-state index in [1.807, 2.05) is 21.8 Å². The molecule has 25 heavy (non-hydrogen) atoms. The van der Waals surface area contributed by atoms with Gasteiger partial charge in [0.15, 0.2) is 0 Å². The molecule has 11 heteroatoms. The zero-order valence-electron chi connectivity index (χ0n) is 15.1. The van der Waals surface area contributed by atoms with Crippen LogP contribution in [0, 0.1) is 6.92 Å². The Kier molecular flexibility index (Phi) is 3.85. The fraction of sp³-hybridized carbons (Fsp3) is 0.286. The SMILES string of the molecule is Bc1cc2nc(C)n(C3(B)CC(B)C(=O)NC3=O)c(=O)c2c(N)c1B. The van der Waals surface area contributed by atoms with Crippen LogP contribution in [0.5, 0.6) is 0 Å². The first kappa shape index (κ1) is 17.4. The van der Waals surface area contributed by atoms with Gasteiger partial charge in [-0.25, -0.2) is 4.98 Å². The van der Waals surface area contributed by atoms with Gasteiger partial charge in [0.05, 0.1) is 16.3 Å². The topological polar surface area (TPSA) is 107 Å². The Morgan fingerprint density at radius 1 is 1.36 bits per heavy atom. The summed E-state index contributed by atoms with van der Waals surface area (Å²) in [7, 11) is 7.15. The lowest BCUT2D eigenvalue weighted by Crippen LogP contribution is -2.60. The molecule has 3 N–H and O–H groups in total. The van der Waals surface area contributed by atoms with E-state index in [4.69, 9.17) is 5.73 Å². The minimum absolute atomic E-state index is 0.232. The van der Waals surface area contributed by atoms with Crippen molar-refractivity contribution in [3.63, 3.8) is 0 Å². The van der Waals surface area contributed by atoms with Crippen molar-refractivity contribution < 1.29 is 9.59 Å². The molecule has 2 amide bonds. The second-order valence-corrected chi connectivity index (χ2v) is 7.12. The van der Waals surface area contributed by atoms with Gasteiger partial charge >= 0.3 is 0 Å². The lowest BCUT2D eigenvalue weighted by molar-refractivity contribution is -0.137. The number of nitrogens with two attached hydrogens (primary N) is 1. The van der Waals surface area contributed by atoms with E-state index in [9.17, 15) is 14.4 Å². The summed E-state index contributed by atoms with van der Waals surface area (Å²) >= 11 is 0. The number of imide groups is 1. The number of fused-ring (bicyclic) bond motifs is 1. The van der Waals surface area contributed by atoms with Crippen molar-refractivity contribution >= 4 is 70.7 Å². The average molecular weight is 334 g/mol. The molecule has 1 fully saturated rings. The van der Waals surface area contributed by atoms with Crippen molar-refractivity contribution in [3.8, 4) is 0 Å². The van der Waals surface area contributed by atoms with Gasteiger partial charge in [-0.1, -0.05) is 10.9 Å². The molecule has 0 saturated carbocycles. The highest BCUT2D eigenvalue weighted by Gasteiger charge is 2.44. The molecule has 0 bridgehead atoms. The number of aryl methyl sites for hydroxylation is 1. The van der Waals surface area contributed by atoms with E-state index < -0.39 is 11.3 Å². The number of rotatable bonds is 1. The summed E-state index contributed by atoms with van der Waals surface area (Å²) in [4.78, 5) is 42.1. The molecule has 124 valence electrons. The van der Waals surface area contributed by atoms with Crippen molar-refractivity contribution in [2.45, 2.75) is 24.6 Å². The van der Waals surface area contributed by atoms with E-state index >= 15 is 0 Å². The summed E-state index contributed by atoms with van der Waals surface area (Å²) in [5.41, 5.74) is 7.31. The van der Waals surface area contributed by atoms with Crippen LogP contribution in [0.1, 0.15) is 12.2 Å². The highest BCUT2D eigenvalue weighted by molar-refractivity contribution is 6.52. The van der Waals surface area contributed by atoms with Gasteiger partial charge in [0.1, 0.15) is 37.2 Å². The third kappa shape index (κ3) is 2.41. The predicted molar refractivity (Wildman–Crippen MR) is 108 cm³/mol. The third-order valence-corrected chi connectivity index (χ3v) is 5.27. The Balaban J connectivity index is 2.36. The van der Waals surface area contributed by atoms with Gasteiger partial charge in [0, 0.05) is 11.5 Å². The van der Waals surface area contributed by atoms with Crippen LogP contribution in [0.15, 0.2) is 10.9 Å². The molecule has 1 aromatic heterocycles. The zero-order chi connectivity index (χ0) is 18.7. The maximum absolute atomic E-state index is 13.2. The molecule has 0 aliphatic carbocycles. The van der Waals surface area contributed by atoms with Crippen molar-refractivity contribution in [2.24, 2.45) is 0 Å². The number of nitrogens with zero attached hydrogens (tertiary/aromatic N) is 2. The van der Waals surface area contributed by atoms with Gasteiger partial charge in [0.2, 0.25) is 11.8 Å². The summed E-state index contributed by atoms with van der Waals surface area (Å²) in [6, 6.07) is 1.83. The number of hydrogen-bond donors (Lipinski definition) is 2. The number of carbonyl (C=O) groups is 2. The molecule has 3 rings (SSSR count). The fourth-order valence-electron chi connectivity index (χ4n) is 3.64. The second kappa shape index (κ2) is 5.54. The molecular formula is C14H18B4N4O3. The number of nitrogen functional groups attached to an aromatic ring is 1. The Morgan fingerprint density at radius 3 is 2.64 bits per heavy atom. The summed E-state index contributed by atoms with van der Waals surface area (Å²) in [6.45, 7) is 1.69. The zero-order valence-corrected chi connectivity index (χ0v) is 15.1. The number of nitrogens with one attached hydrogen (secondary N) is 1. The molecule has 1 saturated heterocycles. The van der Waals surface area contributed by atoms with Gasteiger partial charge in [-0.2, -0.15) is 0 Å². The summed E-state index contributed by atoms with van der Waals surface area (Å²) < 4.78 is 1.37. The van der Waals surface area contributed by atoms with Crippen LogP contribution in [0.25, 0.3) is 10.9 Å². The number of carbonyl (C=O) groups excluding carboxylic acids is 2. The number of anilines is 1. The highest BCUT2D eigenvalue weighted by atomic mass is 16.2. The van der Waals surface area contributed by atoms with Crippen molar-refractivity contribution in [1.82, 2.24) is 14.9 Å². The Bertz CT molecular complexity index is 1010. The van der Waals surface area contributed by atoms with E-state index in [2.05, 4.69) is 10.3 Å². The molecule has 0 spiro atoms. The number of aromatic nitrogens is 2. The van der Waals surface area contributed by atoms with Crippen molar-refractivity contribution in [3.05, 3.63) is 22.2 Å². The van der Waals surface area contributed by atoms with Gasteiger partial charge in [-0.3, -0.25) is 24.3 Å². The number of benzene rings is 1. The largest absolute Gasteiger partial charge is 0.398 e. The number of piperidine rings is 1. The molecule has 1 aromatic carbocycles. The van der Waals surface area contributed by atoms with E-state index in [0.29, 0.717) is 22.4 Å². The monoisotopic (exact) mass is 334 g/mol. The first-order valence-electron chi connectivity index (χ1n) is 8.22. The summed E-state index contributed by atoms with van der Waals surface area (Å²) in [5, 5.41) is 2.67. The average Bonchev–Trinajstić information content (AvgIpc) is 2.50. The molecule has 2 atom stereocenters. The molecule has 7 nitrogen and oxygen atoms in total. The first-order chi connectivity index (χ1) is 11.6. The van der Waals surface area contributed by atoms with Crippen LogP contribution in [0.3, 0.4) is 0 Å². The van der Waals surface area contributed by atoms with E-state index in [1.54, 1.807) is 22.6 Å². The van der Waals surface area contributed by atoms with Crippen LogP contribution in [-0.2, 0) is 15.0 Å². The lowest BCUT2D eigenvalue weighted by Gasteiger charge is -2.37. The molecule has 1 aliphatic rings. The number of hydrogen-bond acceptors (Lipinski definition) is 5. The summed E-state index contributed by atoms with van der Waals surface area (Å²) in [5.74, 6) is -0.793. The van der Waals surface area contributed by atoms with Gasteiger partial charge < -0.3 is 5.73 Å². The predicted octanol–water partition coefficient (Wildman–Crippen LogP) is -5.44. The minimum Gasteiger partial charge on any atom is -0.398 e. The van der Waals surface area contributed by atoms with Gasteiger partial charge in [-0.05, 0) is 19.4 Å². The summed E-state index contributed by atoms with van der Waals surface area (Å²) in [6.07, 6.45) is 0.232. The third-order valence-electron chi connectivity index (χ3n) is 5.27. The quantitative estimate of drug-likeness (QED) is 0.308. The van der Waals surface area contributed by atoms with E-state index in [1.165, 1.54) is 4.57 Å². The lowest BCUT2D eigenvalue weighted by atomic mass is 9.63. The Labute approximate surface area is 148 Å². The fourth-order valence-corrected chi connectivity index (χ4v) is 3.64. The van der Waals surface area contributed by atoms with Gasteiger partial charge in [-0.15, -0.1) is 0 Å². The van der Waals surface area contributed by atoms with E-state index in [0.717, 1.165) is 10.9 Å². The molecule has 2 aromatic rings. The molecular weight excluding hydrogens is 315 g/mol. The Morgan fingerprint density at radius 2 is 2.00 bits per heavy atom. The van der Waals surface area contributed by atoms with Crippen LogP contribution < -0.4 is 27.5 Å². The normalized spacial score (nSPS) is 23.6. The standard InChI is InChI=1S/C14H18B4N4O3/c1-4-20-7-2-5(15)9(17)10(19)8(7)12(24)22(4)14(18)3-6(16)11(23)21-13(14)25/h2,6H,3,15-19H2,1H3,(H,21,23,25). The van der Waals surface area contributed by atoms with Crippen LogP contribution in [-0.4, -0.2) is 52.8 Å². The van der Waals surface area contributed by atoms with Crippen LogP contribution >= 0.6 is 0 Å². The smallest absolute Gasteiger partial charge is 0.263 e. The van der Waals surface area contributed by atoms with Crippen molar-refractivity contribution in [2.75, 3.05) is 5.73 Å². The number of amides is 2. The first-order valence-corrected chi connectivity index (χ1v) is 8.22. The Hall–Kier alpha value is -2.44. The molecule has 1 aliphatic heterocycles. The molecule has 0 radical (unpaired) electrons. The van der Waals surface area contributed by atoms with E-state index in [-0.39, 0.29) is 23.7 Å². The van der Waals surface area contributed by atoms with Gasteiger partial charge in [0.25, 0.3) is 5.56 Å². The van der Waals surface area contributed by atoms with Crippen LogP contribution in [0.4, 0.5) is 5.69 Å².